The first kappa shape index (κ1) is 13.6. The van der Waals surface area contributed by atoms with Gasteiger partial charge in [-0.3, -0.25) is 0 Å². The molecular formula is C15H17ClOS. The lowest BCUT2D eigenvalue weighted by Crippen LogP contribution is -2.10. The van der Waals surface area contributed by atoms with Crippen LogP contribution in [-0.4, -0.2) is 11.2 Å². The van der Waals surface area contributed by atoms with Gasteiger partial charge in [0.15, 0.2) is 0 Å². The molecule has 2 rings (SSSR count). The van der Waals surface area contributed by atoms with E-state index in [-0.39, 0.29) is 6.10 Å². The predicted octanol–water partition coefficient (Wildman–Crippen LogP) is 4.33. The highest BCUT2D eigenvalue weighted by Crippen LogP contribution is 2.19. The molecule has 1 atom stereocenters. The maximum Gasteiger partial charge on any atom is 0.0581 e. The number of thiophene rings is 1. The van der Waals surface area contributed by atoms with E-state index in [1.54, 1.807) is 11.3 Å². The second-order valence-corrected chi connectivity index (χ2v) is 5.86. The van der Waals surface area contributed by atoms with E-state index in [9.17, 15) is 5.11 Å². The summed E-state index contributed by atoms with van der Waals surface area (Å²) in [6.45, 7) is 0. The van der Waals surface area contributed by atoms with Gasteiger partial charge in [-0.15, -0.1) is 11.3 Å². The molecule has 1 nitrogen and oxygen atoms in total. The van der Waals surface area contributed by atoms with Gasteiger partial charge in [-0.1, -0.05) is 35.9 Å². The van der Waals surface area contributed by atoms with Crippen LogP contribution in [0.4, 0.5) is 0 Å². The van der Waals surface area contributed by atoms with E-state index in [0.29, 0.717) is 6.42 Å². The number of aliphatic hydroxyl groups excluding tert-OH is 1. The van der Waals surface area contributed by atoms with Gasteiger partial charge in [0.05, 0.1) is 6.10 Å². The highest BCUT2D eigenvalue weighted by molar-refractivity contribution is 7.09. The number of halogens is 1. The van der Waals surface area contributed by atoms with E-state index in [1.165, 1.54) is 4.88 Å². The summed E-state index contributed by atoms with van der Waals surface area (Å²) in [5.41, 5.74) is 1.03. The Bertz CT molecular complexity index is 467. The lowest BCUT2D eigenvalue weighted by molar-refractivity contribution is 0.162. The molecule has 0 spiro atoms. The second kappa shape index (κ2) is 6.93. The standard InChI is InChI=1S/C15H17ClOS/c16-15-9-2-1-5-12(15)11-13(17)6-3-7-14-8-4-10-18-14/h1-2,4-5,8-10,13,17H,3,6-7,11H2. The summed E-state index contributed by atoms with van der Waals surface area (Å²) < 4.78 is 0. The third-order valence-electron chi connectivity index (χ3n) is 2.95. The van der Waals surface area contributed by atoms with Gasteiger partial charge in [0.2, 0.25) is 0 Å². The number of benzene rings is 1. The molecule has 1 aromatic carbocycles. The lowest BCUT2D eigenvalue weighted by Gasteiger charge is -2.11. The Morgan fingerprint density at radius 3 is 2.72 bits per heavy atom. The molecule has 3 heteroatoms. The third-order valence-corrected chi connectivity index (χ3v) is 4.26. The molecule has 1 unspecified atom stereocenters. The molecule has 0 saturated carbocycles. The van der Waals surface area contributed by atoms with Crippen LogP contribution in [0.3, 0.4) is 0 Å². The first-order chi connectivity index (χ1) is 8.75. The van der Waals surface area contributed by atoms with Crippen molar-refractivity contribution in [3.05, 3.63) is 57.2 Å². The van der Waals surface area contributed by atoms with Crippen LogP contribution >= 0.6 is 22.9 Å². The SMILES string of the molecule is OC(CCCc1cccs1)Cc1ccccc1Cl. The van der Waals surface area contributed by atoms with Crippen LogP contribution in [0.25, 0.3) is 0 Å². The second-order valence-electron chi connectivity index (χ2n) is 4.42. The Labute approximate surface area is 117 Å². The van der Waals surface area contributed by atoms with Crippen LogP contribution in [0.2, 0.25) is 5.02 Å². The smallest absolute Gasteiger partial charge is 0.0581 e. The predicted molar refractivity (Wildman–Crippen MR) is 78.4 cm³/mol. The van der Waals surface area contributed by atoms with Crippen LogP contribution in [0, 0.1) is 0 Å². The van der Waals surface area contributed by atoms with Gasteiger partial charge < -0.3 is 5.11 Å². The first-order valence-electron chi connectivity index (χ1n) is 6.19. The van der Waals surface area contributed by atoms with E-state index in [1.807, 2.05) is 24.3 Å². The molecular weight excluding hydrogens is 264 g/mol. The molecule has 0 aliphatic heterocycles. The van der Waals surface area contributed by atoms with E-state index in [0.717, 1.165) is 29.8 Å². The topological polar surface area (TPSA) is 20.2 Å². The van der Waals surface area contributed by atoms with Crippen molar-refractivity contribution in [3.8, 4) is 0 Å². The maximum absolute atomic E-state index is 10.0. The Kier molecular flexibility index (Phi) is 5.24. The van der Waals surface area contributed by atoms with E-state index >= 15 is 0 Å². The third kappa shape index (κ3) is 4.13. The zero-order valence-electron chi connectivity index (χ0n) is 10.2. The highest BCUT2D eigenvalue weighted by Gasteiger charge is 2.08. The number of hydrogen-bond donors (Lipinski definition) is 1. The molecule has 0 saturated heterocycles. The number of hydrogen-bond acceptors (Lipinski definition) is 2. The van der Waals surface area contributed by atoms with E-state index in [2.05, 4.69) is 17.5 Å². The van der Waals surface area contributed by atoms with Crippen molar-refractivity contribution in [1.29, 1.82) is 0 Å². The van der Waals surface area contributed by atoms with Gasteiger partial charge >= 0.3 is 0 Å². The molecule has 2 aromatic rings. The Morgan fingerprint density at radius 2 is 2.00 bits per heavy atom. The quantitative estimate of drug-likeness (QED) is 0.835. The summed E-state index contributed by atoms with van der Waals surface area (Å²) in [4.78, 5) is 1.39. The van der Waals surface area contributed by atoms with Gasteiger partial charge in [0, 0.05) is 9.90 Å². The van der Waals surface area contributed by atoms with Crippen molar-refractivity contribution in [2.75, 3.05) is 0 Å². The molecule has 0 aliphatic rings. The average Bonchev–Trinajstić information content (AvgIpc) is 2.85. The minimum Gasteiger partial charge on any atom is -0.393 e. The Morgan fingerprint density at radius 1 is 1.17 bits per heavy atom. The van der Waals surface area contributed by atoms with Crippen LogP contribution in [-0.2, 0) is 12.8 Å². The van der Waals surface area contributed by atoms with E-state index in [4.69, 9.17) is 11.6 Å². The van der Waals surface area contributed by atoms with E-state index < -0.39 is 0 Å². The Hall–Kier alpha value is -0.830. The summed E-state index contributed by atoms with van der Waals surface area (Å²) in [5.74, 6) is 0. The van der Waals surface area contributed by atoms with Crippen LogP contribution in [0.15, 0.2) is 41.8 Å². The fourth-order valence-corrected chi connectivity index (χ4v) is 2.95. The minimum absolute atomic E-state index is 0.301. The lowest BCUT2D eigenvalue weighted by atomic mass is 10.0. The van der Waals surface area contributed by atoms with Crippen LogP contribution < -0.4 is 0 Å². The molecule has 1 aromatic heterocycles. The normalized spacial score (nSPS) is 12.6. The first-order valence-corrected chi connectivity index (χ1v) is 7.45. The number of aryl methyl sites for hydroxylation is 1. The molecule has 0 fully saturated rings. The molecule has 0 aliphatic carbocycles. The van der Waals surface area contributed by atoms with Crippen molar-refractivity contribution in [3.63, 3.8) is 0 Å². The van der Waals surface area contributed by atoms with Gasteiger partial charge in [-0.2, -0.15) is 0 Å². The molecule has 1 heterocycles. The largest absolute Gasteiger partial charge is 0.393 e. The molecule has 96 valence electrons. The summed E-state index contributed by atoms with van der Waals surface area (Å²) in [5, 5.41) is 12.8. The fourth-order valence-electron chi connectivity index (χ4n) is 1.99. The maximum atomic E-state index is 10.0. The molecule has 0 bridgehead atoms. The van der Waals surface area contributed by atoms with Crippen molar-refractivity contribution in [1.82, 2.24) is 0 Å². The van der Waals surface area contributed by atoms with Gasteiger partial charge in [-0.25, -0.2) is 0 Å². The molecule has 1 N–H and O–H groups in total. The van der Waals surface area contributed by atoms with Gasteiger partial charge in [0.25, 0.3) is 0 Å². The molecule has 18 heavy (non-hydrogen) atoms. The van der Waals surface area contributed by atoms with Crippen molar-refractivity contribution < 1.29 is 5.11 Å². The summed E-state index contributed by atoms with van der Waals surface area (Å²) in [7, 11) is 0. The number of rotatable bonds is 6. The average molecular weight is 281 g/mol. The monoisotopic (exact) mass is 280 g/mol. The molecule has 0 amide bonds. The summed E-state index contributed by atoms with van der Waals surface area (Å²) in [6.07, 6.45) is 3.24. The Balaban J connectivity index is 1.75. The zero-order chi connectivity index (χ0) is 12.8. The highest BCUT2D eigenvalue weighted by atomic mass is 35.5. The molecule has 0 radical (unpaired) electrons. The fraction of sp³-hybridized carbons (Fsp3) is 0.333. The summed E-state index contributed by atoms with van der Waals surface area (Å²) in [6, 6.07) is 11.9. The number of aliphatic hydroxyl groups is 1. The van der Waals surface area contributed by atoms with Crippen LogP contribution in [0.1, 0.15) is 23.3 Å². The van der Waals surface area contributed by atoms with Crippen molar-refractivity contribution in [2.45, 2.75) is 31.8 Å². The zero-order valence-corrected chi connectivity index (χ0v) is 11.8. The van der Waals surface area contributed by atoms with Gasteiger partial charge in [-0.05, 0) is 48.8 Å². The minimum atomic E-state index is -0.301. The van der Waals surface area contributed by atoms with Gasteiger partial charge in [0.1, 0.15) is 0 Å². The van der Waals surface area contributed by atoms with Crippen molar-refractivity contribution in [2.24, 2.45) is 0 Å². The van der Waals surface area contributed by atoms with Crippen molar-refractivity contribution >= 4 is 22.9 Å². The van der Waals surface area contributed by atoms with Crippen LogP contribution in [0.5, 0.6) is 0 Å². The summed E-state index contributed by atoms with van der Waals surface area (Å²) >= 11 is 7.85.